The molecule has 1 aromatic carbocycles. The Morgan fingerprint density at radius 3 is 3.17 bits per heavy atom. The van der Waals surface area contributed by atoms with Crippen LogP contribution in [0.1, 0.15) is 10.4 Å². The van der Waals surface area contributed by atoms with Gasteiger partial charge in [-0.3, -0.25) is 0 Å². The molecule has 1 unspecified atom stereocenters. The second-order valence-electron chi connectivity index (χ2n) is 4.40. The Hall–Kier alpha value is -1.04. The van der Waals surface area contributed by atoms with Gasteiger partial charge in [-0.15, -0.1) is 11.8 Å². The van der Waals surface area contributed by atoms with Crippen LogP contribution in [-0.2, 0) is 4.74 Å². The number of carboxylic acid groups (broad SMARTS) is 1. The monoisotopic (exact) mass is 267 g/mol. The molecule has 0 spiro atoms. The van der Waals surface area contributed by atoms with E-state index in [1.54, 1.807) is 30.0 Å². The van der Waals surface area contributed by atoms with Gasteiger partial charge in [0.15, 0.2) is 0 Å². The van der Waals surface area contributed by atoms with E-state index in [4.69, 9.17) is 9.84 Å². The molecule has 0 radical (unpaired) electrons. The minimum atomic E-state index is -0.883. The molecule has 0 aliphatic carbocycles. The number of hydrogen-bond acceptors (Lipinski definition) is 4. The maximum Gasteiger partial charge on any atom is 0.335 e. The zero-order valence-corrected chi connectivity index (χ0v) is 11.2. The van der Waals surface area contributed by atoms with Crippen molar-refractivity contribution < 1.29 is 14.6 Å². The van der Waals surface area contributed by atoms with Gasteiger partial charge < -0.3 is 14.7 Å². The highest BCUT2D eigenvalue weighted by Gasteiger charge is 2.17. The highest BCUT2D eigenvalue weighted by molar-refractivity contribution is 7.99. The van der Waals surface area contributed by atoms with Crippen molar-refractivity contribution in [3.63, 3.8) is 0 Å². The predicted octanol–water partition coefficient (Wildman–Crippen LogP) is 1.81. The highest BCUT2D eigenvalue weighted by atomic mass is 32.2. The minimum absolute atomic E-state index is 0.224. The van der Waals surface area contributed by atoms with Gasteiger partial charge in [0, 0.05) is 23.7 Å². The number of aromatic carboxylic acids is 1. The fraction of sp³-hybridized carbons (Fsp3) is 0.462. The number of carbonyl (C=O) groups is 1. The summed E-state index contributed by atoms with van der Waals surface area (Å²) in [5.41, 5.74) is 0.335. The van der Waals surface area contributed by atoms with Crippen LogP contribution in [-0.4, -0.2) is 54.6 Å². The highest BCUT2D eigenvalue weighted by Crippen LogP contribution is 2.22. The number of likely N-dealkylation sites (N-methyl/N-ethyl adjacent to an activating group) is 1. The fourth-order valence-corrected chi connectivity index (χ4v) is 2.84. The van der Waals surface area contributed by atoms with E-state index in [9.17, 15) is 4.79 Å². The quantitative estimate of drug-likeness (QED) is 0.843. The van der Waals surface area contributed by atoms with Crippen LogP contribution in [0.25, 0.3) is 0 Å². The Balaban J connectivity index is 1.89. The van der Waals surface area contributed by atoms with Crippen molar-refractivity contribution in [1.82, 2.24) is 4.90 Å². The summed E-state index contributed by atoms with van der Waals surface area (Å²) < 4.78 is 5.67. The Bertz CT molecular complexity index is 424. The molecule has 1 saturated heterocycles. The lowest BCUT2D eigenvalue weighted by atomic mass is 10.2. The number of morpholine rings is 1. The van der Waals surface area contributed by atoms with Gasteiger partial charge in [0.2, 0.25) is 0 Å². The first-order valence-electron chi connectivity index (χ1n) is 5.91. The number of ether oxygens (including phenoxy) is 1. The number of nitrogens with zero attached hydrogens (tertiary/aromatic N) is 1. The third kappa shape index (κ3) is 3.73. The molecule has 1 aliphatic heterocycles. The maximum absolute atomic E-state index is 10.9. The fourth-order valence-electron chi connectivity index (χ4n) is 1.88. The summed E-state index contributed by atoms with van der Waals surface area (Å²) in [6.45, 7) is 2.69. The summed E-state index contributed by atoms with van der Waals surface area (Å²) in [5.74, 6) is -0.0287. The molecule has 5 heteroatoms. The minimum Gasteiger partial charge on any atom is -0.478 e. The van der Waals surface area contributed by atoms with Crippen LogP contribution in [0.4, 0.5) is 0 Å². The van der Waals surface area contributed by atoms with E-state index in [1.807, 2.05) is 6.07 Å². The third-order valence-electron chi connectivity index (χ3n) is 2.86. The van der Waals surface area contributed by atoms with Gasteiger partial charge in [0.1, 0.15) is 0 Å². The van der Waals surface area contributed by atoms with Crippen molar-refractivity contribution in [2.75, 3.05) is 32.5 Å². The van der Waals surface area contributed by atoms with Crippen LogP contribution in [0.5, 0.6) is 0 Å². The number of rotatable bonds is 4. The van der Waals surface area contributed by atoms with Gasteiger partial charge in [-0.2, -0.15) is 0 Å². The topological polar surface area (TPSA) is 49.8 Å². The second kappa shape index (κ2) is 6.22. The SMILES string of the molecule is CN1CCOC(CSc2cccc(C(=O)O)c2)C1. The molecule has 4 nitrogen and oxygen atoms in total. The van der Waals surface area contributed by atoms with Crippen molar-refractivity contribution in [3.05, 3.63) is 29.8 Å². The molecule has 1 atom stereocenters. The summed E-state index contributed by atoms with van der Waals surface area (Å²) in [6.07, 6.45) is 0.224. The van der Waals surface area contributed by atoms with Gasteiger partial charge in [-0.05, 0) is 25.2 Å². The molecule has 0 aromatic heterocycles. The molecule has 1 heterocycles. The summed E-state index contributed by atoms with van der Waals surface area (Å²) >= 11 is 1.65. The largest absolute Gasteiger partial charge is 0.478 e. The average Bonchev–Trinajstić information content (AvgIpc) is 2.37. The summed E-state index contributed by atoms with van der Waals surface area (Å²) in [5, 5.41) is 8.92. The smallest absolute Gasteiger partial charge is 0.335 e. The summed E-state index contributed by atoms with van der Waals surface area (Å²) in [6, 6.07) is 7.03. The molecule has 0 amide bonds. The molecule has 1 fully saturated rings. The molecule has 1 aliphatic rings. The first-order valence-corrected chi connectivity index (χ1v) is 6.90. The van der Waals surface area contributed by atoms with E-state index in [-0.39, 0.29) is 6.10 Å². The third-order valence-corrected chi connectivity index (χ3v) is 3.98. The molecule has 18 heavy (non-hydrogen) atoms. The van der Waals surface area contributed by atoms with Crippen LogP contribution in [0.3, 0.4) is 0 Å². The van der Waals surface area contributed by atoms with E-state index < -0.39 is 5.97 Å². The number of thioether (sulfide) groups is 1. The van der Waals surface area contributed by atoms with Crippen molar-refractivity contribution in [1.29, 1.82) is 0 Å². The van der Waals surface area contributed by atoms with Crippen LogP contribution in [0, 0.1) is 0 Å². The average molecular weight is 267 g/mol. The van der Waals surface area contributed by atoms with Crippen molar-refractivity contribution in [3.8, 4) is 0 Å². The molecule has 0 bridgehead atoms. The Kier molecular flexibility index (Phi) is 4.63. The summed E-state index contributed by atoms with van der Waals surface area (Å²) in [4.78, 5) is 14.1. The number of hydrogen-bond donors (Lipinski definition) is 1. The van der Waals surface area contributed by atoms with E-state index in [1.165, 1.54) is 0 Å². The van der Waals surface area contributed by atoms with E-state index in [0.717, 1.165) is 30.3 Å². The van der Waals surface area contributed by atoms with Crippen LogP contribution in [0.15, 0.2) is 29.2 Å². The van der Waals surface area contributed by atoms with Crippen molar-refractivity contribution in [2.24, 2.45) is 0 Å². The lowest BCUT2D eigenvalue weighted by Crippen LogP contribution is -2.41. The predicted molar refractivity (Wildman–Crippen MR) is 71.4 cm³/mol. The zero-order chi connectivity index (χ0) is 13.0. The van der Waals surface area contributed by atoms with E-state index >= 15 is 0 Å². The molecular formula is C13H17NO3S. The molecule has 1 N–H and O–H groups in total. The van der Waals surface area contributed by atoms with Gasteiger partial charge in [-0.25, -0.2) is 4.79 Å². The van der Waals surface area contributed by atoms with Crippen LogP contribution in [0.2, 0.25) is 0 Å². The molecule has 98 valence electrons. The van der Waals surface area contributed by atoms with Gasteiger partial charge >= 0.3 is 5.97 Å². The molecule has 1 aromatic rings. The normalized spacial score (nSPS) is 20.8. The number of carboxylic acids is 1. The Labute approximate surface area is 111 Å². The van der Waals surface area contributed by atoms with Crippen LogP contribution >= 0.6 is 11.8 Å². The van der Waals surface area contributed by atoms with Crippen molar-refractivity contribution >= 4 is 17.7 Å². The molecule has 2 rings (SSSR count). The molecular weight excluding hydrogens is 250 g/mol. The Morgan fingerprint density at radius 2 is 2.44 bits per heavy atom. The van der Waals surface area contributed by atoms with E-state index in [2.05, 4.69) is 11.9 Å². The summed E-state index contributed by atoms with van der Waals surface area (Å²) in [7, 11) is 2.09. The first-order chi connectivity index (χ1) is 8.65. The van der Waals surface area contributed by atoms with Gasteiger partial charge in [-0.1, -0.05) is 6.07 Å². The van der Waals surface area contributed by atoms with Crippen LogP contribution < -0.4 is 0 Å². The molecule has 0 saturated carbocycles. The maximum atomic E-state index is 10.9. The van der Waals surface area contributed by atoms with Crippen molar-refractivity contribution in [2.45, 2.75) is 11.0 Å². The number of benzene rings is 1. The lowest BCUT2D eigenvalue weighted by molar-refractivity contribution is -0.00598. The second-order valence-corrected chi connectivity index (χ2v) is 5.49. The zero-order valence-electron chi connectivity index (χ0n) is 10.3. The first kappa shape index (κ1) is 13.4. The van der Waals surface area contributed by atoms with Gasteiger partial charge in [0.25, 0.3) is 0 Å². The Morgan fingerprint density at radius 1 is 1.61 bits per heavy atom. The standard InChI is InChI=1S/C13H17NO3S/c1-14-5-6-17-11(8-14)9-18-12-4-2-3-10(7-12)13(15)16/h2-4,7,11H,5-6,8-9H2,1H3,(H,15,16). The lowest BCUT2D eigenvalue weighted by Gasteiger charge is -2.29. The van der Waals surface area contributed by atoms with E-state index in [0.29, 0.717) is 5.56 Å². The van der Waals surface area contributed by atoms with Gasteiger partial charge in [0.05, 0.1) is 18.3 Å².